The minimum absolute atomic E-state index is 0.0328. The molecule has 2 aromatic carbocycles. The fourth-order valence-corrected chi connectivity index (χ4v) is 7.79. The summed E-state index contributed by atoms with van der Waals surface area (Å²) in [6.07, 6.45) is 0.487. The Kier molecular flexibility index (Phi) is 5.84. The van der Waals surface area contributed by atoms with E-state index in [-0.39, 0.29) is 41.9 Å². The van der Waals surface area contributed by atoms with E-state index in [1.54, 1.807) is 23.1 Å². The summed E-state index contributed by atoms with van der Waals surface area (Å²) < 4.78 is 51.0. The number of nitrogens with one attached hydrogen (secondary N) is 1. The third-order valence-electron chi connectivity index (χ3n) is 6.12. The SMILES string of the molecule is CC1(NCC(=O)N2CCN(S(=O)(=O)c3ccc4ccccc4c3)CC2)CCS(=O)(=O)C1. The summed E-state index contributed by atoms with van der Waals surface area (Å²) in [5.41, 5.74) is -0.588. The molecule has 2 fully saturated rings. The van der Waals surface area contributed by atoms with Gasteiger partial charge >= 0.3 is 0 Å². The molecule has 4 rings (SSSR count). The second-order valence-corrected chi connectivity index (χ2v) is 12.7. The van der Waals surface area contributed by atoms with Crippen LogP contribution in [0.1, 0.15) is 13.3 Å². The molecule has 0 aromatic heterocycles. The monoisotopic (exact) mass is 465 g/mol. The second-order valence-electron chi connectivity index (χ2n) is 8.55. The third kappa shape index (κ3) is 4.77. The van der Waals surface area contributed by atoms with Gasteiger partial charge in [-0.3, -0.25) is 4.79 Å². The van der Waals surface area contributed by atoms with Crippen molar-refractivity contribution in [2.24, 2.45) is 0 Å². The highest BCUT2D eigenvalue weighted by Gasteiger charge is 2.38. The minimum atomic E-state index is -3.64. The summed E-state index contributed by atoms with van der Waals surface area (Å²) in [4.78, 5) is 14.5. The molecule has 2 aliphatic heterocycles. The Labute approximate surface area is 183 Å². The van der Waals surface area contributed by atoms with Crippen molar-refractivity contribution in [1.29, 1.82) is 0 Å². The maximum atomic E-state index is 13.1. The van der Waals surface area contributed by atoms with Crippen LogP contribution in [0.2, 0.25) is 0 Å². The molecule has 168 valence electrons. The Bertz CT molecular complexity index is 1200. The van der Waals surface area contributed by atoms with Crippen molar-refractivity contribution in [2.45, 2.75) is 23.8 Å². The normalized spacial score (nSPS) is 24.5. The molecule has 10 heteroatoms. The highest BCUT2D eigenvalue weighted by Crippen LogP contribution is 2.24. The topological polar surface area (TPSA) is 104 Å². The molecule has 0 aliphatic carbocycles. The Morgan fingerprint density at radius 1 is 1.06 bits per heavy atom. The van der Waals surface area contributed by atoms with Crippen molar-refractivity contribution >= 4 is 36.5 Å². The number of piperazine rings is 1. The van der Waals surface area contributed by atoms with E-state index in [2.05, 4.69) is 5.32 Å². The number of benzene rings is 2. The second kappa shape index (κ2) is 8.16. The Morgan fingerprint density at radius 3 is 2.39 bits per heavy atom. The molecule has 2 saturated heterocycles. The van der Waals surface area contributed by atoms with Crippen LogP contribution in [0.25, 0.3) is 10.8 Å². The van der Waals surface area contributed by atoms with E-state index in [0.717, 1.165) is 10.8 Å². The van der Waals surface area contributed by atoms with Gasteiger partial charge in [-0.05, 0) is 36.2 Å². The number of sulfonamides is 1. The minimum Gasteiger partial charge on any atom is -0.339 e. The summed E-state index contributed by atoms with van der Waals surface area (Å²) in [5.74, 6) is 0.0226. The average molecular weight is 466 g/mol. The number of amides is 1. The van der Waals surface area contributed by atoms with Crippen LogP contribution >= 0.6 is 0 Å². The summed E-state index contributed by atoms with van der Waals surface area (Å²) in [6.45, 7) is 2.94. The molecule has 1 unspecified atom stereocenters. The van der Waals surface area contributed by atoms with Gasteiger partial charge in [0.05, 0.1) is 22.9 Å². The maximum Gasteiger partial charge on any atom is 0.243 e. The molecule has 2 aromatic rings. The lowest BCUT2D eigenvalue weighted by Gasteiger charge is -2.35. The lowest BCUT2D eigenvalue weighted by atomic mass is 10.0. The Morgan fingerprint density at radius 2 is 1.74 bits per heavy atom. The highest BCUT2D eigenvalue weighted by molar-refractivity contribution is 7.91. The van der Waals surface area contributed by atoms with Crippen molar-refractivity contribution < 1.29 is 21.6 Å². The van der Waals surface area contributed by atoms with E-state index < -0.39 is 25.4 Å². The first-order valence-corrected chi connectivity index (χ1v) is 13.6. The molecule has 1 N–H and O–H groups in total. The van der Waals surface area contributed by atoms with Gasteiger partial charge in [-0.2, -0.15) is 4.31 Å². The summed E-state index contributed by atoms with van der Waals surface area (Å²) in [6, 6.07) is 12.7. The predicted molar refractivity (Wildman–Crippen MR) is 119 cm³/mol. The number of hydrogen-bond donors (Lipinski definition) is 1. The highest BCUT2D eigenvalue weighted by atomic mass is 32.2. The number of hydrogen-bond acceptors (Lipinski definition) is 6. The van der Waals surface area contributed by atoms with Gasteiger partial charge in [0.15, 0.2) is 9.84 Å². The van der Waals surface area contributed by atoms with Crippen LogP contribution in [0.5, 0.6) is 0 Å². The van der Waals surface area contributed by atoms with E-state index in [0.29, 0.717) is 19.5 Å². The average Bonchev–Trinajstić information content (AvgIpc) is 3.04. The van der Waals surface area contributed by atoms with Crippen LogP contribution in [0.4, 0.5) is 0 Å². The van der Waals surface area contributed by atoms with Crippen LogP contribution in [0.15, 0.2) is 47.4 Å². The number of carbonyl (C=O) groups excluding carboxylic acids is 1. The van der Waals surface area contributed by atoms with Crippen LogP contribution in [-0.2, 0) is 24.7 Å². The molecule has 0 spiro atoms. The number of carbonyl (C=O) groups is 1. The van der Waals surface area contributed by atoms with Crippen molar-refractivity contribution in [3.8, 4) is 0 Å². The van der Waals surface area contributed by atoms with Gasteiger partial charge in [-0.15, -0.1) is 0 Å². The van der Waals surface area contributed by atoms with Gasteiger partial charge in [-0.25, -0.2) is 16.8 Å². The number of fused-ring (bicyclic) bond motifs is 1. The molecular formula is C21H27N3O5S2. The molecule has 8 nitrogen and oxygen atoms in total. The van der Waals surface area contributed by atoms with Crippen molar-refractivity contribution in [3.63, 3.8) is 0 Å². The fourth-order valence-electron chi connectivity index (χ4n) is 4.21. The lowest BCUT2D eigenvalue weighted by Crippen LogP contribution is -2.54. The third-order valence-corrected chi connectivity index (χ3v) is 9.92. The molecule has 1 atom stereocenters. The zero-order chi connectivity index (χ0) is 22.3. The molecule has 0 radical (unpaired) electrons. The summed E-state index contributed by atoms with van der Waals surface area (Å²) in [5, 5.41) is 4.94. The zero-order valence-corrected chi connectivity index (χ0v) is 19.1. The molecule has 1 amide bonds. The van der Waals surface area contributed by atoms with E-state index in [9.17, 15) is 21.6 Å². The van der Waals surface area contributed by atoms with Crippen LogP contribution in [-0.4, -0.2) is 81.7 Å². The van der Waals surface area contributed by atoms with Crippen LogP contribution < -0.4 is 5.32 Å². The standard InChI is InChI=1S/C21H27N3O5S2/c1-21(8-13-30(26,27)16-21)22-15-20(25)23-9-11-24(12-10-23)31(28,29)19-7-6-17-4-2-3-5-18(17)14-19/h2-7,14,22H,8-13,15-16H2,1H3. The molecule has 2 heterocycles. The first kappa shape index (κ1) is 22.2. The van der Waals surface area contributed by atoms with E-state index >= 15 is 0 Å². The van der Waals surface area contributed by atoms with Gasteiger partial charge in [0.2, 0.25) is 15.9 Å². The van der Waals surface area contributed by atoms with Crippen molar-refractivity contribution in [3.05, 3.63) is 42.5 Å². The number of nitrogens with zero attached hydrogens (tertiary/aromatic N) is 2. The van der Waals surface area contributed by atoms with Gasteiger partial charge in [0, 0.05) is 31.7 Å². The first-order chi connectivity index (χ1) is 14.6. The van der Waals surface area contributed by atoms with Gasteiger partial charge in [0.1, 0.15) is 0 Å². The summed E-state index contributed by atoms with van der Waals surface area (Å²) in [7, 11) is -6.69. The van der Waals surface area contributed by atoms with E-state index in [4.69, 9.17) is 0 Å². The Hall–Kier alpha value is -2.01. The Balaban J connectivity index is 1.35. The number of rotatable bonds is 5. The fraction of sp³-hybridized carbons (Fsp3) is 0.476. The van der Waals surface area contributed by atoms with Crippen molar-refractivity contribution in [2.75, 3.05) is 44.2 Å². The molecule has 0 bridgehead atoms. The maximum absolute atomic E-state index is 13.1. The zero-order valence-electron chi connectivity index (χ0n) is 17.5. The van der Waals surface area contributed by atoms with Crippen LogP contribution in [0, 0.1) is 0 Å². The molecule has 0 saturated carbocycles. The van der Waals surface area contributed by atoms with E-state index in [1.165, 1.54) is 4.31 Å². The molecule has 31 heavy (non-hydrogen) atoms. The lowest BCUT2D eigenvalue weighted by molar-refractivity contribution is -0.131. The van der Waals surface area contributed by atoms with Crippen molar-refractivity contribution in [1.82, 2.24) is 14.5 Å². The van der Waals surface area contributed by atoms with E-state index in [1.807, 2.05) is 31.2 Å². The first-order valence-electron chi connectivity index (χ1n) is 10.3. The number of sulfone groups is 1. The molecular weight excluding hydrogens is 438 g/mol. The smallest absolute Gasteiger partial charge is 0.243 e. The predicted octanol–water partition coefficient (Wildman–Crippen LogP) is 0.840. The van der Waals surface area contributed by atoms with Gasteiger partial charge in [-0.1, -0.05) is 30.3 Å². The van der Waals surface area contributed by atoms with Crippen LogP contribution in [0.3, 0.4) is 0 Å². The van der Waals surface area contributed by atoms with Gasteiger partial charge < -0.3 is 10.2 Å². The summed E-state index contributed by atoms with van der Waals surface area (Å²) >= 11 is 0. The molecule has 2 aliphatic rings. The largest absolute Gasteiger partial charge is 0.339 e. The van der Waals surface area contributed by atoms with Gasteiger partial charge in [0.25, 0.3) is 0 Å². The quantitative estimate of drug-likeness (QED) is 0.702.